The Hall–Kier alpha value is -1.65. The molecule has 0 unspecified atom stereocenters. The molecule has 0 amide bonds. The van der Waals surface area contributed by atoms with E-state index in [1.54, 1.807) is 11.8 Å². The van der Waals surface area contributed by atoms with Gasteiger partial charge in [-0.15, -0.1) is 22.0 Å². The molecule has 1 aromatic rings. The first-order valence-electron chi connectivity index (χ1n) is 5.74. The van der Waals surface area contributed by atoms with Crippen molar-refractivity contribution in [1.29, 1.82) is 5.26 Å². The molecule has 0 atom stereocenters. The zero-order valence-electron chi connectivity index (χ0n) is 10.1. The number of nitriles is 1. The van der Waals surface area contributed by atoms with Gasteiger partial charge in [-0.3, -0.25) is 4.79 Å². The van der Waals surface area contributed by atoms with Crippen LogP contribution in [0.3, 0.4) is 0 Å². The van der Waals surface area contributed by atoms with Crippen molar-refractivity contribution in [3.05, 3.63) is 23.2 Å². The van der Waals surface area contributed by atoms with Gasteiger partial charge in [0, 0.05) is 10.7 Å². The van der Waals surface area contributed by atoms with Crippen LogP contribution in [0, 0.1) is 11.3 Å². The number of allylic oxidation sites excluding steroid dienone is 2. The lowest BCUT2D eigenvalue weighted by Crippen LogP contribution is -2.12. The van der Waals surface area contributed by atoms with Crippen molar-refractivity contribution >= 4 is 38.9 Å². The lowest BCUT2D eigenvalue weighted by atomic mass is 10.3. The van der Waals surface area contributed by atoms with Crippen LogP contribution in [0.1, 0.15) is 17.8 Å². The van der Waals surface area contributed by atoms with E-state index in [0.29, 0.717) is 5.13 Å². The number of Topliss-reactive ketones (excluding diaryl/α,β-unsaturated/α-hetero) is 1. The van der Waals surface area contributed by atoms with Gasteiger partial charge in [0.25, 0.3) is 0 Å². The quantitative estimate of drug-likeness (QED) is 0.840. The molecule has 7 heteroatoms. The molecule has 2 rings (SSSR count). The van der Waals surface area contributed by atoms with E-state index in [4.69, 9.17) is 5.26 Å². The molecule has 0 fully saturated rings. The molecule has 98 valence electrons. The van der Waals surface area contributed by atoms with E-state index in [1.807, 2.05) is 6.07 Å². The van der Waals surface area contributed by atoms with E-state index in [2.05, 4.69) is 33.7 Å². The molecule has 0 radical (unpaired) electrons. The van der Waals surface area contributed by atoms with E-state index in [-0.39, 0.29) is 18.7 Å². The normalized spacial score (nSPS) is 14.4. The molecule has 0 saturated carbocycles. The average molecular weight is 292 g/mol. The van der Waals surface area contributed by atoms with E-state index in [1.165, 1.54) is 11.3 Å². The third-order valence-electron chi connectivity index (χ3n) is 2.29. The molecule has 0 bridgehead atoms. The van der Waals surface area contributed by atoms with Crippen LogP contribution in [0.25, 0.3) is 4.91 Å². The highest BCUT2D eigenvalue weighted by Gasteiger charge is 2.11. The number of nitrogens with zero attached hydrogens (tertiary/aromatic N) is 3. The molecule has 1 aliphatic rings. The summed E-state index contributed by atoms with van der Waals surface area (Å²) >= 11 is 3.15. The van der Waals surface area contributed by atoms with Crippen molar-refractivity contribution in [2.75, 3.05) is 17.6 Å². The van der Waals surface area contributed by atoms with Gasteiger partial charge in [0.05, 0.1) is 19.0 Å². The number of ketones is 1. The number of rotatable bonds is 5. The number of nitrogens with one attached hydrogen (secondary N) is 1. The molecule has 0 spiro atoms. The summed E-state index contributed by atoms with van der Waals surface area (Å²) in [5.74, 6) is 0.793. The van der Waals surface area contributed by atoms with Gasteiger partial charge in [-0.05, 0) is 6.42 Å². The Morgan fingerprint density at radius 1 is 1.47 bits per heavy atom. The summed E-state index contributed by atoms with van der Waals surface area (Å²) in [4.78, 5) is 12.3. The minimum absolute atomic E-state index is 0.0780. The molecular weight excluding hydrogens is 280 g/mol. The van der Waals surface area contributed by atoms with Crippen LogP contribution in [0.2, 0.25) is 0 Å². The number of carbonyl (C=O) groups is 1. The van der Waals surface area contributed by atoms with E-state index in [9.17, 15) is 4.79 Å². The first-order chi connectivity index (χ1) is 9.29. The van der Waals surface area contributed by atoms with Gasteiger partial charge < -0.3 is 5.32 Å². The maximum Gasteiger partial charge on any atom is 0.206 e. The summed E-state index contributed by atoms with van der Waals surface area (Å²) in [7, 11) is 0. The molecular formula is C12H12N4OS2. The third-order valence-corrected chi connectivity index (χ3v) is 4.36. The van der Waals surface area contributed by atoms with Gasteiger partial charge in [-0.1, -0.05) is 29.6 Å². The van der Waals surface area contributed by atoms with Crippen molar-refractivity contribution < 1.29 is 4.79 Å². The average Bonchev–Trinajstić information content (AvgIpc) is 2.71. The van der Waals surface area contributed by atoms with Crippen LogP contribution in [0.15, 0.2) is 18.2 Å². The summed E-state index contributed by atoms with van der Waals surface area (Å²) in [6, 6.07) is 1.83. The highest BCUT2D eigenvalue weighted by molar-refractivity contribution is 8.08. The topological polar surface area (TPSA) is 78.7 Å². The Bertz CT molecular complexity index is 556. The molecule has 1 aromatic heterocycles. The Morgan fingerprint density at radius 3 is 3.21 bits per heavy atom. The number of hydrogen-bond acceptors (Lipinski definition) is 7. The molecule has 2 heterocycles. The molecule has 19 heavy (non-hydrogen) atoms. The second-order valence-electron chi connectivity index (χ2n) is 3.73. The van der Waals surface area contributed by atoms with Gasteiger partial charge in [0.2, 0.25) is 5.13 Å². The highest BCUT2D eigenvalue weighted by atomic mass is 32.2. The summed E-state index contributed by atoms with van der Waals surface area (Å²) in [5, 5.41) is 20.9. The first kappa shape index (κ1) is 13.8. The second-order valence-corrected chi connectivity index (χ2v) is 5.77. The van der Waals surface area contributed by atoms with Crippen molar-refractivity contribution in [2.24, 2.45) is 0 Å². The number of hydrogen-bond donors (Lipinski definition) is 1. The van der Waals surface area contributed by atoms with Gasteiger partial charge in [-0.25, -0.2) is 0 Å². The number of thioether (sulfide) groups is 1. The van der Waals surface area contributed by atoms with Gasteiger partial charge >= 0.3 is 0 Å². The van der Waals surface area contributed by atoms with Crippen LogP contribution in [0.5, 0.6) is 0 Å². The van der Waals surface area contributed by atoms with Crippen LogP contribution >= 0.6 is 23.1 Å². The van der Waals surface area contributed by atoms with Crippen LogP contribution < -0.4 is 5.32 Å². The Morgan fingerprint density at radius 2 is 2.37 bits per heavy atom. The maximum absolute atomic E-state index is 11.2. The fourth-order valence-corrected chi connectivity index (χ4v) is 3.17. The van der Waals surface area contributed by atoms with Crippen molar-refractivity contribution in [3.63, 3.8) is 0 Å². The molecule has 0 saturated heterocycles. The molecule has 0 aliphatic carbocycles. The van der Waals surface area contributed by atoms with Crippen molar-refractivity contribution in [1.82, 2.24) is 10.2 Å². The van der Waals surface area contributed by atoms with Gasteiger partial charge in [-0.2, -0.15) is 5.26 Å². The summed E-state index contributed by atoms with van der Waals surface area (Å²) in [5.41, 5.74) is 0. The molecule has 0 aromatic carbocycles. The summed E-state index contributed by atoms with van der Waals surface area (Å²) < 4.78 is 0. The highest BCUT2D eigenvalue weighted by Crippen LogP contribution is 2.33. The Kier molecular flexibility index (Phi) is 5.12. The first-order valence-corrected chi connectivity index (χ1v) is 7.54. The predicted octanol–water partition coefficient (Wildman–Crippen LogP) is 2.47. The lowest BCUT2D eigenvalue weighted by molar-refractivity contribution is -0.116. The van der Waals surface area contributed by atoms with E-state index < -0.39 is 0 Å². The minimum atomic E-state index is -0.147. The van der Waals surface area contributed by atoms with Gasteiger partial charge in [0.1, 0.15) is 0 Å². The fraction of sp³-hybridized carbons (Fsp3) is 0.333. The maximum atomic E-state index is 11.2. The van der Waals surface area contributed by atoms with Crippen LogP contribution in [-0.4, -0.2) is 28.3 Å². The van der Waals surface area contributed by atoms with Crippen molar-refractivity contribution in [2.45, 2.75) is 12.8 Å². The van der Waals surface area contributed by atoms with E-state index >= 15 is 0 Å². The molecule has 1 N–H and O–H groups in total. The van der Waals surface area contributed by atoms with Crippen molar-refractivity contribution in [3.8, 4) is 6.07 Å². The van der Waals surface area contributed by atoms with Gasteiger partial charge in [0.15, 0.2) is 10.8 Å². The Balaban J connectivity index is 1.94. The van der Waals surface area contributed by atoms with Crippen LogP contribution in [-0.2, 0) is 4.79 Å². The second kappa shape index (κ2) is 7.07. The molecule has 5 nitrogen and oxygen atoms in total. The zero-order valence-corrected chi connectivity index (χ0v) is 11.8. The smallest absolute Gasteiger partial charge is 0.206 e. The third kappa shape index (κ3) is 4.19. The fourth-order valence-electron chi connectivity index (χ4n) is 1.40. The Labute approximate surface area is 119 Å². The zero-order chi connectivity index (χ0) is 13.5. The number of aromatic nitrogens is 2. The predicted molar refractivity (Wildman–Crippen MR) is 77.8 cm³/mol. The van der Waals surface area contributed by atoms with Crippen LogP contribution in [0.4, 0.5) is 5.13 Å². The standard InChI is InChI=1S/C12H12N4OS2/c13-6-5-9(17)8-14-12-16-15-11(19-12)10-4-2-1-3-7-18-10/h1,3-4H,2,5,7-8H2,(H,14,16). The number of carbonyl (C=O) groups excluding carboxylic acids is 1. The number of anilines is 1. The lowest BCUT2D eigenvalue weighted by Gasteiger charge is -1.98. The monoisotopic (exact) mass is 292 g/mol. The molecule has 1 aliphatic heterocycles. The largest absolute Gasteiger partial charge is 0.353 e. The summed E-state index contributed by atoms with van der Waals surface area (Å²) in [6.45, 7) is 0.121. The summed E-state index contributed by atoms with van der Waals surface area (Å²) in [6.07, 6.45) is 7.21. The SMILES string of the molecule is N#CCC(=O)CNc1nnc(C2=CCC=CCS2)s1. The minimum Gasteiger partial charge on any atom is -0.353 e. The van der Waals surface area contributed by atoms with E-state index in [0.717, 1.165) is 22.1 Å².